The smallest absolute Gasteiger partial charge is 0.323 e. The van der Waals surface area contributed by atoms with Gasteiger partial charge in [0.05, 0.1) is 24.2 Å². The van der Waals surface area contributed by atoms with Crippen LogP contribution < -0.4 is 11.1 Å². The SMILES string of the molecule is CCOC(=O)C1CCN1C(C)(C(=O)N1CCCC1)c1ccc2c(c1)nc(CNc1ccc(C(=N)N)cc1)n2C.Cl. The zero-order valence-electron chi connectivity index (χ0n) is 23.3. The monoisotopic (exact) mass is 567 g/mol. The van der Waals surface area contributed by atoms with Crippen molar-refractivity contribution in [2.75, 3.05) is 31.6 Å². The van der Waals surface area contributed by atoms with E-state index in [0.717, 1.165) is 54.0 Å². The first-order valence-corrected chi connectivity index (χ1v) is 13.6. The van der Waals surface area contributed by atoms with Crippen molar-refractivity contribution in [3.05, 3.63) is 59.4 Å². The number of hydrogen-bond donors (Lipinski definition) is 3. The lowest BCUT2D eigenvalue weighted by molar-refractivity contribution is -0.167. The molecule has 2 fully saturated rings. The standard InChI is InChI=1S/C29H37N7O3.ClH/c1-4-39-27(37)24-13-16-36(24)29(2,28(38)35-14-5-6-15-35)20-9-12-23-22(17-20)33-25(34(23)3)18-32-21-10-7-19(8-11-21)26(30)31;/h7-12,17,24,32H,4-6,13-16,18H2,1-3H3,(H3,30,31);1H. The number of nitrogens with zero attached hydrogens (tertiary/aromatic N) is 4. The third kappa shape index (κ3) is 5.25. The van der Waals surface area contributed by atoms with Crippen LogP contribution >= 0.6 is 12.4 Å². The molecule has 0 bridgehead atoms. The molecule has 0 spiro atoms. The number of rotatable bonds is 9. The molecule has 2 atom stereocenters. The van der Waals surface area contributed by atoms with Gasteiger partial charge in [0.1, 0.15) is 23.2 Å². The number of esters is 1. The Kier molecular flexibility index (Phi) is 8.70. The fourth-order valence-electron chi connectivity index (χ4n) is 5.71. The summed E-state index contributed by atoms with van der Waals surface area (Å²) in [5.41, 5.74) is 8.73. The van der Waals surface area contributed by atoms with E-state index < -0.39 is 11.6 Å². The second-order valence-electron chi connectivity index (χ2n) is 10.5. The van der Waals surface area contributed by atoms with Crippen molar-refractivity contribution in [1.29, 1.82) is 5.41 Å². The molecule has 214 valence electrons. The number of nitrogen functional groups attached to an aromatic ring is 1. The molecule has 2 aromatic carbocycles. The molecule has 10 nitrogen and oxygen atoms in total. The minimum Gasteiger partial charge on any atom is -0.465 e. The quantitative estimate of drug-likeness (QED) is 0.205. The largest absolute Gasteiger partial charge is 0.465 e. The van der Waals surface area contributed by atoms with Gasteiger partial charge >= 0.3 is 5.97 Å². The zero-order valence-corrected chi connectivity index (χ0v) is 24.1. The molecule has 11 heteroatoms. The van der Waals surface area contributed by atoms with Gasteiger partial charge in [-0.2, -0.15) is 0 Å². The predicted molar refractivity (Wildman–Crippen MR) is 158 cm³/mol. The van der Waals surface area contributed by atoms with Crippen molar-refractivity contribution >= 4 is 46.8 Å². The van der Waals surface area contributed by atoms with Gasteiger partial charge in [-0.25, -0.2) is 4.98 Å². The lowest BCUT2D eigenvalue weighted by Crippen LogP contribution is -2.66. The number of nitrogens with one attached hydrogen (secondary N) is 2. The van der Waals surface area contributed by atoms with Crippen LogP contribution in [-0.2, 0) is 33.5 Å². The molecule has 0 aliphatic carbocycles. The normalized spacial score (nSPS) is 18.5. The Hall–Kier alpha value is -3.63. The maximum Gasteiger partial charge on any atom is 0.323 e. The third-order valence-corrected chi connectivity index (χ3v) is 8.14. The Labute approximate surface area is 240 Å². The number of hydrogen-bond acceptors (Lipinski definition) is 7. The summed E-state index contributed by atoms with van der Waals surface area (Å²) in [6.07, 6.45) is 2.67. The molecule has 0 saturated carbocycles. The maximum atomic E-state index is 14.0. The van der Waals surface area contributed by atoms with E-state index in [2.05, 4.69) is 5.32 Å². The van der Waals surface area contributed by atoms with Crippen molar-refractivity contribution in [3.63, 3.8) is 0 Å². The van der Waals surface area contributed by atoms with Crippen LogP contribution in [0.2, 0.25) is 0 Å². The Bertz CT molecular complexity index is 1400. The fourth-order valence-corrected chi connectivity index (χ4v) is 5.71. The number of carbonyl (C=O) groups excluding carboxylic acids is 2. The van der Waals surface area contributed by atoms with Gasteiger partial charge in [0.25, 0.3) is 0 Å². The first kappa shape index (κ1) is 29.4. The summed E-state index contributed by atoms with van der Waals surface area (Å²) in [5.74, 6) is 0.640. The number of halogens is 1. The number of benzene rings is 2. The third-order valence-electron chi connectivity index (χ3n) is 8.14. The van der Waals surface area contributed by atoms with Crippen LogP contribution in [0.25, 0.3) is 11.0 Å². The van der Waals surface area contributed by atoms with E-state index >= 15 is 0 Å². The molecule has 2 saturated heterocycles. The van der Waals surface area contributed by atoms with Crippen LogP contribution in [0.3, 0.4) is 0 Å². The molecule has 2 unspecified atom stereocenters. The molecule has 4 N–H and O–H groups in total. The van der Waals surface area contributed by atoms with Gasteiger partial charge in [-0.05, 0) is 75.1 Å². The van der Waals surface area contributed by atoms with E-state index in [1.807, 2.05) is 70.8 Å². The molecule has 40 heavy (non-hydrogen) atoms. The lowest BCUT2D eigenvalue weighted by Gasteiger charge is -2.51. The van der Waals surface area contributed by atoms with Gasteiger partial charge in [-0.15, -0.1) is 12.4 Å². The molecule has 1 amide bonds. The number of likely N-dealkylation sites (tertiary alicyclic amines) is 2. The van der Waals surface area contributed by atoms with Crippen LogP contribution in [0, 0.1) is 5.41 Å². The summed E-state index contributed by atoms with van der Waals surface area (Å²) < 4.78 is 7.38. The number of aryl methyl sites for hydroxylation is 1. The summed E-state index contributed by atoms with van der Waals surface area (Å²) >= 11 is 0. The Balaban J connectivity index is 0.00000370. The lowest BCUT2D eigenvalue weighted by atomic mass is 9.82. The summed E-state index contributed by atoms with van der Waals surface area (Å²) in [4.78, 5) is 35.6. The van der Waals surface area contributed by atoms with Gasteiger partial charge in [-0.1, -0.05) is 6.07 Å². The van der Waals surface area contributed by atoms with Crippen molar-refractivity contribution in [3.8, 4) is 0 Å². The summed E-state index contributed by atoms with van der Waals surface area (Å²) in [6, 6.07) is 13.0. The number of fused-ring (bicyclic) bond motifs is 1. The second kappa shape index (κ2) is 11.9. The number of amides is 1. The van der Waals surface area contributed by atoms with E-state index in [0.29, 0.717) is 31.7 Å². The van der Waals surface area contributed by atoms with E-state index in [-0.39, 0.29) is 30.1 Å². The second-order valence-corrected chi connectivity index (χ2v) is 10.5. The van der Waals surface area contributed by atoms with E-state index in [9.17, 15) is 9.59 Å². The van der Waals surface area contributed by atoms with Crippen LogP contribution in [0.1, 0.15) is 50.1 Å². The number of amidine groups is 1. The molecule has 5 rings (SSSR count). The van der Waals surface area contributed by atoms with Crippen LogP contribution in [0.15, 0.2) is 42.5 Å². The Morgan fingerprint density at radius 3 is 2.45 bits per heavy atom. The van der Waals surface area contributed by atoms with Gasteiger partial charge < -0.3 is 25.3 Å². The summed E-state index contributed by atoms with van der Waals surface area (Å²) in [5, 5.41) is 10.9. The number of imidazole rings is 1. The highest BCUT2D eigenvalue weighted by atomic mass is 35.5. The van der Waals surface area contributed by atoms with Crippen molar-refractivity contribution in [1.82, 2.24) is 19.4 Å². The summed E-state index contributed by atoms with van der Waals surface area (Å²) in [6.45, 7) is 6.69. The highest BCUT2D eigenvalue weighted by Gasteiger charge is 2.52. The summed E-state index contributed by atoms with van der Waals surface area (Å²) in [7, 11) is 1.98. The fraction of sp³-hybridized carbons (Fsp3) is 0.448. The zero-order chi connectivity index (χ0) is 27.7. The minimum atomic E-state index is -0.997. The van der Waals surface area contributed by atoms with Crippen LogP contribution in [0.5, 0.6) is 0 Å². The molecule has 3 aromatic rings. The van der Waals surface area contributed by atoms with Crippen LogP contribution in [-0.4, -0.2) is 69.3 Å². The predicted octanol–water partition coefficient (Wildman–Crippen LogP) is 3.37. The van der Waals surface area contributed by atoms with Gasteiger partial charge in [0.2, 0.25) is 5.91 Å². The van der Waals surface area contributed by atoms with E-state index in [4.69, 9.17) is 20.9 Å². The van der Waals surface area contributed by atoms with Crippen molar-refractivity contribution < 1.29 is 14.3 Å². The molecule has 3 heterocycles. The topological polar surface area (TPSA) is 130 Å². The van der Waals surface area contributed by atoms with Gasteiger partial charge in [0, 0.05) is 37.9 Å². The number of anilines is 1. The molecular weight excluding hydrogens is 530 g/mol. The number of aromatic nitrogens is 2. The maximum absolute atomic E-state index is 14.0. The van der Waals surface area contributed by atoms with Crippen LogP contribution in [0.4, 0.5) is 5.69 Å². The molecule has 0 radical (unpaired) electrons. The van der Waals surface area contributed by atoms with Gasteiger partial charge in [-0.3, -0.25) is 19.9 Å². The highest BCUT2D eigenvalue weighted by molar-refractivity contribution is 5.95. The molecular formula is C29H38ClN7O3. The average Bonchev–Trinajstić information content (AvgIpc) is 3.55. The number of carbonyl (C=O) groups is 2. The molecule has 1 aromatic heterocycles. The Morgan fingerprint density at radius 1 is 1.15 bits per heavy atom. The average molecular weight is 568 g/mol. The number of ether oxygens (including phenoxy) is 1. The molecule has 2 aliphatic heterocycles. The van der Waals surface area contributed by atoms with Crippen molar-refractivity contribution in [2.24, 2.45) is 12.8 Å². The minimum absolute atomic E-state index is 0. The highest BCUT2D eigenvalue weighted by Crippen LogP contribution is 2.40. The molecule has 2 aliphatic rings. The number of nitrogens with two attached hydrogens (primary N) is 1. The van der Waals surface area contributed by atoms with Crippen molar-refractivity contribution in [2.45, 2.75) is 51.2 Å². The van der Waals surface area contributed by atoms with E-state index in [1.54, 1.807) is 6.92 Å². The van der Waals surface area contributed by atoms with E-state index in [1.165, 1.54) is 0 Å². The first-order chi connectivity index (χ1) is 18.7. The van der Waals surface area contributed by atoms with Gasteiger partial charge in [0.15, 0.2) is 0 Å². The Morgan fingerprint density at radius 2 is 1.85 bits per heavy atom. The first-order valence-electron chi connectivity index (χ1n) is 13.6.